The van der Waals surface area contributed by atoms with Gasteiger partial charge in [0, 0.05) is 70.7 Å². The number of hydrogen-bond acceptors (Lipinski definition) is 4. The van der Waals surface area contributed by atoms with Crippen molar-refractivity contribution in [3.05, 3.63) is 29.8 Å². The Morgan fingerprint density at radius 3 is 2.40 bits per heavy atom. The molecule has 2 fully saturated rings. The van der Waals surface area contributed by atoms with Gasteiger partial charge in [-0.15, -0.1) is 35.7 Å². The van der Waals surface area contributed by atoms with Crippen LogP contribution in [0.3, 0.4) is 0 Å². The zero-order valence-electron chi connectivity index (χ0n) is 18.5. The maximum atomic E-state index is 12.4. The maximum Gasteiger partial charge on any atom is 0.225 e. The molecule has 1 N–H and O–H groups in total. The van der Waals surface area contributed by atoms with E-state index >= 15 is 0 Å². The highest BCUT2D eigenvalue weighted by Crippen LogP contribution is 2.28. The van der Waals surface area contributed by atoms with Gasteiger partial charge >= 0.3 is 0 Å². The monoisotopic (exact) mass is 545 g/mol. The lowest BCUT2D eigenvalue weighted by atomic mass is 9.84. The fourth-order valence-electron chi connectivity index (χ4n) is 3.90. The van der Waals surface area contributed by atoms with E-state index in [1.807, 2.05) is 7.05 Å². The first-order valence-corrected chi connectivity index (χ1v) is 11.9. The molecule has 2 aliphatic rings. The molecule has 3 rings (SSSR count). The largest absolute Gasteiger partial charge is 0.355 e. The zero-order valence-corrected chi connectivity index (χ0v) is 21.6. The van der Waals surface area contributed by atoms with Gasteiger partial charge < -0.3 is 15.1 Å². The van der Waals surface area contributed by atoms with Crippen molar-refractivity contribution in [1.82, 2.24) is 20.0 Å². The van der Waals surface area contributed by atoms with Gasteiger partial charge in [-0.3, -0.25) is 14.7 Å². The summed E-state index contributed by atoms with van der Waals surface area (Å²) in [5.41, 5.74) is 1.28. The number of halogens is 1. The smallest absolute Gasteiger partial charge is 0.225 e. The zero-order chi connectivity index (χ0) is 20.6. The fourth-order valence-corrected chi connectivity index (χ4v) is 4.30. The molecule has 0 radical (unpaired) electrons. The van der Waals surface area contributed by atoms with Crippen LogP contribution in [0.4, 0.5) is 0 Å². The Morgan fingerprint density at radius 1 is 1.20 bits per heavy atom. The molecule has 0 unspecified atom stereocenters. The maximum absolute atomic E-state index is 12.4. The van der Waals surface area contributed by atoms with E-state index in [1.54, 1.807) is 11.8 Å². The minimum absolute atomic E-state index is 0. The van der Waals surface area contributed by atoms with Crippen LogP contribution in [-0.4, -0.2) is 86.2 Å². The van der Waals surface area contributed by atoms with Crippen LogP contribution in [0.15, 0.2) is 34.2 Å². The van der Waals surface area contributed by atoms with E-state index in [4.69, 9.17) is 0 Å². The minimum Gasteiger partial charge on any atom is -0.355 e. The van der Waals surface area contributed by atoms with E-state index in [2.05, 4.69) is 62.6 Å². The summed E-state index contributed by atoms with van der Waals surface area (Å²) in [6.07, 6.45) is 5.51. The second kappa shape index (κ2) is 12.8. The molecule has 1 saturated carbocycles. The summed E-state index contributed by atoms with van der Waals surface area (Å²) in [5.74, 6) is 1.62. The van der Waals surface area contributed by atoms with Crippen LogP contribution in [0.25, 0.3) is 0 Å². The summed E-state index contributed by atoms with van der Waals surface area (Å²) in [5, 5.41) is 3.48. The molecule has 168 valence electrons. The van der Waals surface area contributed by atoms with Crippen LogP contribution in [-0.2, 0) is 11.3 Å². The summed E-state index contributed by atoms with van der Waals surface area (Å²) in [7, 11) is 3.91. The Bertz CT molecular complexity index is 687. The molecule has 1 amide bonds. The van der Waals surface area contributed by atoms with Crippen molar-refractivity contribution in [2.24, 2.45) is 10.9 Å². The third-order valence-corrected chi connectivity index (χ3v) is 6.75. The second-order valence-corrected chi connectivity index (χ2v) is 8.85. The molecule has 1 aromatic carbocycles. The lowest BCUT2D eigenvalue weighted by molar-refractivity contribution is -0.139. The van der Waals surface area contributed by atoms with Crippen molar-refractivity contribution in [1.29, 1.82) is 0 Å². The van der Waals surface area contributed by atoms with Crippen LogP contribution < -0.4 is 5.32 Å². The third kappa shape index (κ3) is 7.02. The van der Waals surface area contributed by atoms with Crippen LogP contribution in [0.5, 0.6) is 0 Å². The van der Waals surface area contributed by atoms with E-state index in [0.717, 1.165) is 64.6 Å². The van der Waals surface area contributed by atoms with Crippen LogP contribution in [0, 0.1) is 5.92 Å². The number of benzene rings is 1. The molecule has 1 aromatic rings. The Morgan fingerprint density at radius 2 is 1.87 bits per heavy atom. The highest BCUT2D eigenvalue weighted by atomic mass is 127. The van der Waals surface area contributed by atoms with Crippen molar-refractivity contribution in [2.45, 2.75) is 30.7 Å². The number of nitrogens with one attached hydrogen (secondary N) is 1. The summed E-state index contributed by atoms with van der Waals surface area (Å²) >= 11 is 1.76. The van der Waals surface area contributed by atoms with Crippen molar-refractivity contribution in [2.75, 3.05) is 59.6 Å². The van der Waals surface area contributed by atoms with Gasteiger partial charge in [0.1, 0.15) is 0 Å². The number of hydrogen-bond donors (Lipinski definition) is 1. The minimum atomic E-state index is 0. The predicted octanol–water partition coefficient (Wildman–Crippen LogP) is 2.98. The van der Waals surface area contributed by atoms with Gasteiger partial charge in [-0.2, -0.15) is 0 Å². The van der Waals surface area contributed by atoms with Crippen LogP contribution in [0.2, 0.25) is 0 Å². The SMILES string of the molecule is CN=C(NCCN1CCN(C(=O)C2CCC2)CC1)N(C)Cc1ccc(SC)cc1.I. The highest BCUT2D eigenvalue weighted by molar-refractivity contribution is 14.0. The first-order valence-electron chi connectivity index (χ1n) is 10.7. The van der Waals surface area contributed by atoms with Gasteiger partial charge in [0.15, 0.2) is 5.96 Å². The van der Waals surface area contributed by atoms with Crippen LogP contribution >= 0.6 is 35.7 Å². The Kier molecular flexibility index (Phi) is 10.7. The van der Waals surface area contributed by atoms with Crippen molar-refractivity contribution in [3.63, 3.8) is 0 Å². The highest BCUT2D eigenvalue weighted by Gasteiger charge is 2.31. The summed E-state index contributed by atoms with van der Waals surface area (Å²) in [4.78, 5) is 24.7. The Labute approximate surface area is 202 Å². The van der Waals surface area contributed by atoms with Gasteiger partial charge in [-0.1, -0.05) is 18.6 Å². The summed E-state index contributed by atoms with van der Waals surface area (Å²) < 4.78 is 0. The van der Waals surface area contributed by atoms with Gasteiger partial charge in [0.05, 0.1) is 0 Å². The molecule has 1 aliphatic heterocycles. The number of aliphatic imine (C=N–C) groups is 1. The number of carbonyl (C=O) groups is 1. The summed E-state index contributed by atoms with van der Waals surface area (Å²) in [6, 6.07) is 8.69. The molecule has 1 saturated heterocycles. The molecule has 30 heavy (non-hydrogen) atoms. The van der Waals surface area contributed by atoms with E-state index in [-0.39, 0.29) is 24.0 Å². The fraction of sp³-hybridized carbons (Fsp3) is 0.636. The number of carbonyl (C=O) groups excluding carboxylic acids is 1. The van der Waals surface area contributed by atoms with Crippen molar-refractivity contribution < 1.29 is 4.79 Å². The van der Waals surface area contributed by atoms with Gasteiger partial charge in [-0.25, -0.2) is 0 Å². The van der Waals surface area contributed by atoms with E-state index in [1.165, 1.54) is 16.9 Å². The number of rotatable bonds is 7. The first kappa shape index (κ1) is 25.3. The van der Waals surface area contributed by atoms with Crippen LogP contribution in [0.1, 0.15) is 24.8 Å². The molecule has 0 aromatic heterocycles. The average Bonchev–Trinajstić information content (AvgIpc) is 2.71. The topological polar surface area (TPSA) is 51.2 Å². The predicted molar refractivity (Wildman–Crippen MR) is 137 cm³/mol. The molecular weight excluding hydrogens is 509 g/mol. The van der Waals surface area contributed by atoms with Gasteiger partial charge in [0.25, 0.3) is 0 Å². The van der Waals surface area contributed by atoms with Crippen molar-refractivity contribution >= 4 is 47.6 Å². The van der Waals surface area contributed by atoms with Gasteiger partial charge in [0.2, 0.25) is 5.91 Å². The second-order valence-electron chi connectivity index (χ2n) is 7.97. The molecule has 0 spiro atoms. The summed E-state index contributed by atoms with van der Waals surface area (Å²) in [6.45, 7) is 6.34. The molecule has 6 nitrogen and oxygen atoms in total. The standard InChI is InChI=1S/C22H35N5OS.HI/c1-23-22(25(2)17-18-7-9-20(29-3)10-8-18)24-11-12-26-13-15-27(16-14-26)21(28)19-5-4-6-19;/h7-10,19H,4-6,11-17H2,1-3H3,(H,23,24);1H. The Hall–Kier alpha value is -1.000. The number of nitrogens with zero attached hydrogens (tertiary/aromatic N) is 4. The molecule has 1 heterocycles. The first-order chi connectivity index (χ1) is 14.1. The number of amides is 1. The third-order valence-electron chi connectivity index (χ3n) is 6.00. The number of thioether (sulfide) groups is 1. The van der Waals surface area contributed by atoms with Crippen molar-refractivity contribution in [3.8, 4) is 0 Å². The van der Waals surface area contributed by atoms with E-state index in [9.17, 15) is 4.79 Å². The molecular formula is C22H36IN5OS. The lowest BCUT2D eigenvalue weighted by Crippen LogP contribution is -2.52. The Balaban J connectivity index is 0.00000320. The quantitative estimate of drug-likeness (QED) is 0.247. The van der Waals surface area contributed by atoms with E-state index < -0.39 is 0 Å². The lowest BCUT2D eigenvalue weighted by Gasteiger charge is -2.38. The van der Waals surface area contributed by atoms with E-state index in [0.29, 0.717) is 11.8 Å². The molecule has 8 heteroatoms. The molecule has 0 bridgehead atoms. The molecule has 0 atom stereocenters. The van der Waals surface area contributed by atoms with Gasteiger partial charge in [-0.05, 0) is 36.8 Å². The number of guanidine groups is 1. The normalized spacial score (nSPS) is 17.8. The average molecular weight is 546 g/mol. The number of piperazine rings is 1. The molecule has 1 aliphatic carbocycles.